The topological polar surface area (TPSA) is 54.3 Å². The molecule has 0 atom stereocenters. The van der Waals surface area contributed by atoms with Crippen molar-refractivity contribution < 1.29 is 4.79 Å². The molecule has 0 saturated carbocycles. The van der Waals surface area contributed by atoms with Crippen molar-refractivity contribution in [1.29, 1.82) is 0 Å². The van der Waals surface area contributed by atoms with Crippen molar-refractivity contribution in [1.82, 2.24) is 19.7 Å². The molecule has 1 fully saturated rings. The van der Waals surface area contributed by atoms with E-state index >= 15 is 0 Å². The molecule has 6 nitrogen and oxygen atoms in total. The van der Waals surface area contributed by atoms with Crippen LogP contribution in [0.5, 0.6) is 0 Å². The smallest absolute Gasteiger partial charge is 0.233 e. The number of hydrogen-bond donors (Lipinski definition) is 0. The highest BCUT2D eigenvalue weighted by atomic mass is 35.5. The lowest BCUT2D eigenvalue weighted by molar-refractivity contribution is -0.128. The van der Waals surface area contributed by atoms with Gasteiger partial charge in [-0.2, -0.15) is 0 Å². The molecule has 3 aromatic rings. The fraction of sp³-hybridized carbons (Fsp3) is 0.318. The van der Waals surface area contributed by atoms with Gasteiger partial charge in [-0.15, -0.1) is 28.1 Å². The molecule has 0 unspecified atom stereocenters. The summed E-state index contributed by atoms with van der Waals surface area (Å²) in [5, 5.41) is 12.2. The molecule has 31 heavy (non-hydrogen) atoms. The Morgan fingerprint density at radius 2 is 2.10 bits per heavy atom. The molecule has 0 bridgehead atoms. The van der Waals surface area contributed by atoms with E-state index < -0.39 is 0 Å². The highest BCUT2D eigenvalue weighted by Crippen LogP contribution is 2.30. The van der Waals surface area contributed by atoms with Crippen LogP contribution in [0.2, 0.25) is 5.02 Å². The van der Waals surface area contributed by atoms with Crippen molar-refractivity contribution in [2.75, 3.05) is 30.3 Å². The first-order chi connectivity index (χ1) is 15.2. The van der Waals surface area contributed by atoms with E-state index in [0.717, 1.165) is 42.4 Å². The predicted octanol–water partition coefficient (Wildman–Crippen LogP) is 4.89. The normalized spacial score (nSPS) is 13.5. The fourth-order valence-electron chi connectivity index (χ4n) is 3.54. The molecule has 0 aliphatic carbocycles. The molecule has 1 amide bonds. The number of benzene rings is 1. The van der Waals surface area contributed by atoms with Gasteiger partial charge in [0.2, 0.25) is 11.9 Å². The molecule has 4 rings (SSSR count). The molecule has 0 radical (unpaired) electrons. The van der Waals surface area contributed by atoms with Crippen molar-refractivity contribution in [3.63, 3.8) is 0 Å². The van der Waals surface area contributed by atoms with Crippen LogP contribution in [0.25, 0.3) is 5.69 Å². The zero-order valence-electron chi connectivity index (χ0n) is 17.1. The van der Waals surface area contributed by atoms with Gasteiger partial charge in [-0.1, -0.05) is 41.6 Å². The number of rotatable bonds is 9. The minimum absolute atomic E-state index is 0.0432. The molecule has 0 N–H and O–H groups in total. The predicted molar refractivity (Wildman–Crippen MR) is 128 cm³/mol. The standard InChI is InChI=1S/C22H24ClN5OS2/c1-2-10-27(15-19-9-6-13-30-19)20(29)16-31-22-25-24-21(26-11-3-4-12-26)28(22)18-8-5-7-17(23)14-18/h2,5-9,13-14H,1,3-4,10-12,15-16H2. The first-order valence-electron chi connectivity index (χ1n) is 10.2. The van der Waals surface area contributed by atoms with Crippen LogP contribution in [0.1, 0.15) is 17.7 Å². The molecule has 1 aromatic carbocycles. The Kier molecular flexibility index (Phi) is 7.32. The number of nitrogens with zero attached hydrogens (tertiary/aromatic N) is 5. The number of hydrogen-bond acceptors (Lipinski definition) is 6. The number of amides is 1. The maximum absolute atomic E-state index is 13.0. The second-order valence-electron chi connectivity index (χ2n) is 7.22. The Morgan fingerprint density at radius 3 is 2.81 bits per heavy atom. The van der Waals surface area contributed by atoms with Crippen LogP contribution in [0.4, 0.5) is 5.95 Å². The maximum Gasteiger partial charge on any atom is 0.233 e. The summed E-state index contributed by atoms with van der Waals surface area (Å²) >= 11 is 9.30. The van der Waals surface area contributed by atoms with Crippen LogP contribution in [0, 0.1) is 0 Å². The van der Waals surface area contributed by atoms with Crippen molar-refractivity contribution in [2.24, 2.45) is 0 Å². The van der Waals surface area contributed by atoms with Gasteiger partial charge in [0, 0.05) is 29.5 Å². The Balaban J connectivity index is 1.54. The largest absolute Gasteiger partial charge is 0.341 e. The third-order valence-corrected chi connectivity index (χ3v) is 7.04. The summed E-state index contributed by atoms with van der Waals surface area (Å²) in [4.78, 5) is 18.2. The molecule has 1 aliphatic rings. The Morgan fingerprint density at radius 1 is 1.26 bits per heavy atom. The minimum Gasteiger partial charge on any atom is -0.341 e. The molecule has 2 aromatic heterocycles. The molecular formula is C22H24ClN5OS2. The Labute approximate surface area is 195 Å². The van der Waals surface area contributed by atoms with Crippen LogP contribution < -0.4 is 4.90 Å². The Hall–Kier alpha value is -2.29. The van der Waals surface area contributed by atoms with Gasteiger partial charge in [-0.05, 0) is 42.5 Å². The highest BCUT2D eigenvalue weighted by Gasteiger charge is 2.24. The molecule has 1 aliphatic heterocycles. The lowest BCUT2D eigenvalue weighted by Gasteiger charge is -2.21. The van der Waals surface area contributed by atoms with Crippen LogP contribution in [0.3, 0.4) is 0 Å². The van der Waals surface area contributed by atoms with E-state index in [1.54, 1.807) is 17.4 Å². The van der Waals surface area contributed by atoms with Gasteiger partial charge in [0.25, 0.3) is 0 Å². The second kappa shape index (κ2) is 10.3. The van der Waals surface area contributed by atoms with E-state index in [1.165, 1.54) is 11.8 Å². The van der Waals surface area contributed by atoms with Crippen molar-refractivity contribution in [3.8, 4) is 5.69 Å². The zero-order chi connectivity index (χ0) is 21.6. The lowest BCUT2D eigenvalue weighted by atomic mass is 10.3. The molecule has 162 valence electrons. The van der Waals surface area contributed by atoms with Crippen molar-refractivity contribution >= 4 is 46.6 Å². The van der Waals surface area contributed by atoms with Crippen LogP contribution in [-0.4, -0.2) is 51.0 Å². The van der Waals surface area contributed by atoms with Gasteiger partial charge in [0.1, 0.15) is 0 Å². The number of carbonyl (C=O) groups is 1. The second-order valence-corrected chi connectivity index (χ2v) is 9.63. The average molecular weight is 474 g/mol. The van der Waals surface area contributed by atoms with Gasteiger partial charge in [0.15, 0.2) is 5.16 Å². The molecule has 1 saturated heterocycles. The van der Waals surface area contributed by atoms with Crippen LogP contribution in [-0.2, 0) is 11.3 Å². The summed E-state index contributed by atoms with van der Waals surface area (Å²) in [6, 6.07) is 11.7. The average Bonchev–Trinajstić information content (AvgIpc) is 3.53. The number of thiophene rings is 1. The van der Waals surface area contributed by atoms with E-state index in [0.29, 0.717) is 23.3 Å². The SMILES string of the molecule is C=CCN(Cc1cccs1)C(=O)CSc1nnc(N2CCCC2)n1-c1cccc(Cl)c1. The van der Waals surface area contributed by atoms with E-state index in [1.807, 2.05) is 51.2 Å². The third-order valence-electron chi connectivity index (χ3n) is 5.03. The van der Waals surface area contributed by atoms with Crippen LogP contribution >= 0.6 is 34.7 Å². The summed E-state index contributed by atoms with van der Waals surface area (Å²) in [6.45, 7) is 6.80. The van der Waals surface area contributed by atoms with Gasteiger partial charge in [-0.25, -0.2) is 0 Å². The van der Waals surface area contributed by atoms with Gasteiger partial charge in [-0.3, -0.25) is 9.36 Å². The van der Waals surface area contributed by atoms with Crippen LogP contribution in [0.15, 0.2) is 59.6 Å². The molecule has 9 heteroatoms. The van der Waals surface area contributed by atoms with Gasteiger partial charge < -0.3 is 9.80 Å². The summed E-state index contributed by atoms with van der Waals surface area (Å²) in [5.41, 5.74) is 0.899. The minimum atomic E-state index is 0.0432. The maximum atomic E-state index is 13.0. The fourth-order valence-corrected chi connectivity index (χ4v) is 5.29. The molecular weight excluding hydrogens is 450 g/mol. The highest BCUT2D eigenvalue weighted by molar-refractivity contribution is 7.99. The van der Waals surface area contributed by atoms with Crippen molar-refractivity contribution in [2.45, 2.75) is 24.5 Å². The monoisotopic (exact) mass is 473 g/mol. The van der Waals surface area contributed by atoms with E-state index in [4.69, 9.17) is 11.6 Å². The van der Waals surface area contributed by atoms with E-state index in [9.17, 15) is 4.79 Å². The first kappa shape index (κ1) is 21.9. The summed E-state index contributed by atoms with van der Waals surface area (Å²) < 4.78 is 2.01. The number of halogens is 1. The van der Waals surface area contributed by atoms with Gasteiger partial charge in [0.05, 0.1) is 18.0 Å². The third kappa shape index (κ3) is 5.31. The molecule has 3 heterocycles. The number of anilines is 1. The van der Waals surface area contributed by atoms with Crippen molar-refractivity contribution in [3.05, 3.63) is 64.3 Å². The zero-order valence-corrected chi connectivity index (χ0v) is 19.5. The quantitative estimate of drug-likeness (QED) is 0.327. The summed E-state index contributed by atoms with van der Waals surface area (Å²) in [7, 11) is 0. The first-order valence-corrected chi connectivity index (χ1v) is 12.4. The lowest BCUT2D eigenvalue weighted by Crippen LogP contribution is -2.32. The number of aromatic nitrogens is 3. The van der Waals surface area contributed by atoms with E-state index in [-0.39, 0.29) is 11.7 Å². The number of carbonyl (C=O) groups excluding carboxylic acids is 1. The summed E-state index contributed by atoms with van der Waals surface area (Å²) in [5.74, 6) is 1.12. The Bertz CT molecular complexity index is 1030. The van der Waals surface area contributed by atoms with Gasteiger partial charge >= 0.3 is 0 Å². The number of thioether (sulfide) groups is 1. The van der Waals surface area contributed by atoms with E-state index in [2.05, 4.69) is 21.7 Å². The summed E-state index contributed by atoms with van der Waals surface area (Å²) in [6.07, 6.45) is 4.04. The molecule has 0 spiro atoms.